The van der Waals surface area contributed by atoms with Crippen LogP contribution in [0.2, 0.25) is 0 Å². The zero-order valence-corrected chi connectivity index (χ0v) is 9.42. The zero-order chi connectivity index (χ0) is 10.3. The number of rotatable bonds is 1. The summed E-state index contributed by atoms with van der Waals surface area (Å²) in [6.45, 7) is 2.04. The van der Waals surface area contributed by atoms with E-state index in [1.165, 1.54) is 49.1 Å². The molecule has 0 radical (unpaired) electrons. The summed E-state index contributed by atoms with van der Waals surface area (Å²) in [7, 11) is 2.08. The van der Waals surface area contributed by atoms with Gasteiger partial charge in [-0.05, 0) is 12.8 Å². The Morgan fingerprint density at radius 2 is 2.00 bits per heavy atom. The van der Waals surface area contributed by atoms with Crippen molar-refractivity contribution in [1.82, 2.24) is 15.1 Å². The first-order valence-corrected chi connectivity index (χ1v) is 6.11. The molecule has 0 unspecified atom stereocenters. The first-order valence-electron chi connectivity index (χ1n) is 6.11. The molecule has 1 aromatic heterocycles. The molecule has 0 amide bonds. The molecule has 82 valence electrons. The van der Waals surface area contributed by atoms with Crippen LogP contribution >= 0.6 is 0 Å². The maximum Gasteiger partial charge on any atom is 0.0703 e. The van der Waals surface area contributed by atoms with Gasteiger partial charge in [-0.1, -0.05) is 19.3 Å². The molecular formula is C12H19N3. The Morgan fingerprint density at radius 3 is 2.80 bits per heavy atom. The van der Waals surface area contributed by atoms with Crippen LogP contribution in [0, 0.1) is 0 Å². The quantitative estimate of drug-likeness (QED) is 0.760. The fourth-order valence-electron chi connectivity index (χ4n) is 3.05. The van der Waals surface area contributed by atoms with Crippen LogP contribution in [-0.2, 0) is 20.1 Å². The lowest BCUT2D eigenvalue weighted by atomic mass is 9.85. The van der Waals surface area contributed by atoms with E-state index in [-0.39, 0.29) is 0 Å². The van der Waals surface area contributed by atoms with E-state index in [0.29, 0.717) is 0 Å². The molecule has 0 bridgehead atoms. The van der Waals surface area contributed by atoms with Crippen molar-refractivity contribution in [3.8, 4) is 0 Å². The van der Waals surface area contributed by atoms with Crippen LogP contribution < -0.4 is 5.32 Å². The Bertz CT molecular complexity index is 361. The predicted molar refractivity (Wildman–Crippen MR) is 59.6 cm³/mol. The first kappa shape index (κ1) is 9.40. The third kappa shape index (κ3) is 1.49. The lowest BCUT2D eigenvalue weighted by Crippen LogP contribution is -2.11. The number of nitrogens with zero attached hydrogens (tertiary/aromatic N) is 2. The van der Waals surface area contributed by atoms with Gasteiger partial charge >= 0.3 is 0 Å². The summed E-state index contributed by atoms with van der Waals surface area (Å²) in [5.41, 5.74) is 4.32. The molecule has 0 saturated heterocycles. The van der Waals surface area contributed by atoms with Crippen molar-refractivity contribution in [3.63, 3.8) is 0 Å². The van der Waals surface area contributed by atoms with Crippen molar-refractivity contribution in [2.45, 2.75) is 51.1 Å². The van der Waals surface area contributed by atoms with Crippen LogP contribution in [-0.4, -0.2) is 9.78 Å². The topological polar surface area (TPSA) is 29.9 Å². The second-order valence-corrected chi connectivity index (χ2v) is 4.87. The van der Waals surface area contributed by atoms with Gasteiger partial charge in [-0.3, -0.25) is 4.68 Å². The third-order valence-electron chi connectivity index (χ3n) is 3.89. The van der Waals surface area contributed by atoms with Gasteiger partial charge in [-0.15, -0.1) is 0 Å². The van der Waals surface area contributed by atoms with Gasteiger partial charge in [0.05, 0.1) is 11.4 Å². The molecule has 15 heavy (non-hydrogen) atoms. The summed E-state index contributed by atoms with van der Waals surface area (Å²) in [6, 6.07) is 0. The molecule has 0 aromatic carbocycles. The molecule has 0 spiro atoms. The third-order valence-corrected chi connectivity index (χ3v) is 3.89. The average molecular weight is 205 g/mol. The number of hydrogen-bond acceptors (Lipinski definition) is 2. The highest BCUT2D eigenvalue weighted by Gasteiger charge is 2.26. The lowest BCUT2D eigenvalue weighted by molar-refractivity contribution is 0.430. The summed E-state index contributed by atoms with van der Waals surface area (Å²) >= 11 is 0. The van der Waals surface area contributed by atoms with E-state index in [1.807, 2.05) is 0 Å². The molecule has 0 atom stereocenters. The molecule has 1 aromatic rings. The Labute approximate surface area is 90.9 Å². The van der Waals surface area contributed by atoms with Crippen molar-refractivity contribution in [2.75, 3.05) is 0 Å². The van der Waals surface area contributed by atoms with Crippen LogP contribution in [0.15, 0.2) is 0 Å². The minimum Gasteiger partial charge on any atom is -0.307 e. The van der Waals surface area contributed by atoms with Crippen molar-refractivity contribution in [3.05, 3.63) is 17.0 Å². The van der Waals surface area contributed by atoms with Crippen LogP contribution in [0.4, 0.5) is 0 Å². The molecule has 3 heteroatoms. The van der Waals surface area contributed by atoms with E-state index < -0.39 is 0 Å². The largest absolute Gasteiger partial charge is 0.307 e. The van der Waals surface area contributed by atoms with Crippen molar-refractivity contribution in [1.29, 1.82) is 0 Å². The van der Waals surface area contributed by atoms with Crippen LogP contribution in [0.25, 0.3) is 0 Å². The molecule has 1 aliphatic heterocycles. The number of fused-ring (bicyclic) bond motifs is 1. The van der Waals surface area contributed by atoms with Crippen LogP contribution in [0.1, 0.15) is 55.0 Å². The molecule has 1 N–H and O–H groups in total. The fourth-order valence-corrected chi connectivity index (χ4v) is 3.05. The average Bonchev–Trinajstić information content (AvgIpc) is 2.84. The van der Waals surface area contributed by atoms with E-state index in [9.17, 15) is 0 Å². The molecule has 2 heterocycles. The standard InChI is InChI=1S/C12H19N3/c1-15-11-8-13-7-10(11)12(14-15)9-5-3-2-4-6-9/h9,13H,2-8H2,1H3. The van der Waals surface area contributed by atoms with Crippen molar-refractivity contribution in [2.24, 2.45) is 7.05 Å². The molecular weight excluding hydrogens is 186 g/mol. The van der Waals surface area contributed by atoms with Gasteiger partial charge in [0.25, 0.3) is 0 Å². The van der Waals surface area contributed by atoms with Gasteiger partial charge in [-0.25, -0.2) is 0 Å². The minimum absolute atomic E-state index is 0.744. The number of aromatic nitrogens is 2. The van der Waals surface area contributed by atoms with E-state index in [0.717, 1.165) is 19.0 Å². The Kier molecular flexibility index (Phi) is 2.28. The van der Waals surface area contributed by atoms with Gasteiger partial charge in [0.2, 0.25) is 0 Å². The summed E-state index contributed by atoms with van der Waals surface area (Å²) in [4.78, 5) is 0. The summed E-state index contributed by atoms with van der Waals surface area (Å²) < 4.78 is 2.08. The van der Waals surface area contributed by atoms with E-state index >= 15 is 0 Å². The molecule has 1 aliphatic carbocycles. The smallest absolute Gasteiger partial charge is 0.0703 e. The highest BCUT2D eigenvalue weighted by Crippen LogP contribution is 2.35. The maximum atomic E-state index is 4.73. The maximum absolute atomic E-state index is 4.73. The van der Waals surface area contributed by atoms with Gasteiger partial charge in [0.1, 0.15) is 0 Å². The SMILES string of the molecule is Cn1nc(C2CCCCC2)c2c1CNC2. The summed E-state index contributed by atoms with van der Waals surface area (Å²) in [5.74, 6) is 0.744. The highest BCUT2D eigenvalue weighted by atomic mass is 15.3. The summed E-state index contributed by atoms with van der Waals surface area (Å²) in [5, 5.41) is 8.16. The molecule has 1 saturated carbocycles. The van der Waals surface area contributed by atoms with Gasteiger partial charge < -0.3 is 5.32 Å². The van der Waals surface area contributed by atoms with Crippen LogP contribution in [0.5, 0.6) is 0 Å². The highest BCUT2D eigenvalue weighted by molar-refractivity contribution is 5.32. The predicted octanol–water partition coefficient (Wildman–Crippen LogP) is 2.07. The molecule has 2 aliphatic rings. The second-order valence-electron chi connectivity index (χ2n) is 4.87. The van der Waals surface area contributed by atoms with Gasteiger partial charge in [0.15, 0.2) is 0 Å². The zero-order valence-electron chi connectivity index (χ0n) is 9.42. The second kappa shape index (κ2) is 3.63. The normalized spacial score (nSPS) is 21.9. The number of aryl methyl sites for hydroxylation is 1. The Hall–Kier alpha value is -0.830. The summed E-state index contributed by atoms with van der Waals surface area (Å²) in [6.07, 6.45) is 6.91. The fraction of sp³-hybridized carbons (Fsp3) is 0.750. The number of hydrogen-bond donors (Lipinski definition) is 1. The minimum atomic E-state index is 0.744. The Morgan fingerprint density at radius 1 is 1.20 bits per heavy atom. The van der Waals surface area contributed by atoms with Crippen molar-refractivity contribution >= 4 is 0 Å². The van der Waals surface area contributed by atoms with E-state index in [1.54, 1.807) is 0 Å². The first-order chi connectivity index (χ1) is 7.36. The van der Waals surface area contributed by atoms with Crippen LogP contribution in [0.3, 0.4) is 0 Å². The van der Waals surface area contributed by atoms with E-state index in [2.05, 4.69) is 17.0 Å². The Balaban J connectivity index is 1.93. The molecule has 3 rings (SSSR count). The monoisotopic (exact) mass is 205 g/mol. The van der Waals surface area contributed by atoms with Gasteiger partial charge in [-0.2, -0.15) is 5.10 Å². The van der Waals surface area contributed by atoms with Crippen molar-refractivity contribution < 1.29 is 0 Å². The molecule has 3 nitrogen and oxygen atoms in total. The number of nitrogens with one attached hydrogen (secondary N) is 1. The van der Waals surface area contributed by atoms with E-state index in [4.69, 9.17) is 5.10 Å². The lowest BCUT2D eigenvalue weighted by Gasteiger charge is -2.20. The molecule has 1 fully saturated rings. The van der Waals surface area contributed by atoms with Gasteiger partial charge in [0, 0.05) is 31.6 Å².